The van der Waals surface area contributed by atoms with Gasteiger partial charge in [-0.2, -0.15) is 5.26 Å². The van der Waals surface area contributed by atoms with E-state index in [1.54, 1.807) is 0 Å². The molecule has 1 N–H and O–H groups in total. The number of nitriles is 1. The molecule has 1 fully saturated rings. The summed E-state index contributed by atoms with van der Waals surface area (Å²) in [7, 11) is 0. The molecule has 1 heterocycles. The molecule has 0 aliphatic carbocycles. The van der Waals surface area contributed by atoms with Crippen LogP contribution in [0.15, 0.2) is 18.2 Å². The van der Waals surface area contributed by atoms with Gasteiger partial charge in [0.15, 0.2) is 0 Å². The number of nitro benzene ring substituents is 1. The fourth-order valence-corrected chi connectivity index (χ4v) is 2.86. The van der Waals surface area contributed by atoms with Crippen molar-refractivity contribution in [3.63, 3.8) is 0 Å². The zero-order chi connectivity index (χ0) is 16.5. The van der Waals surface area contributed by atoms with Gasteiger partial charge in [0.25, 0.3) is 5.91 Å². The number of nitrogens with zero attached hydrogens (tertiary/aromatic N) is 3. The van der Waals surface area contributed by atoms with Crippen molar-refractivity contribution in [2.75, 3.05) is 6.54 Å². The lowest BCUT2D eigenvalue weighted by molar-refractivity contribution is -0.385. The van der Waals surface area contributed by atoms with E-state index in [9.17, 15) is 25.3 Å². The van der Waals surface area contributed by atoms with E-state index in [0.717, 1.165) is 18.9 Å². The van der Waals surface area contributed by atoms with Gasteiger partial charge in [-0.25, -0.2) is 0 Å². The summed E-state index contributed by atoms with van der Waals surface area (Å²) in [6.45, 7) is 4.21. The largest absolute Gasteiger partial charge is 0.502 e. The predicted octanol–water partition coefficient (Wildman–Crippen LogP) is 2.45. The molecule has 7 heteroatoms. The Morgan fingerprint density at radius 2 is 2.23 bits per heavy atom. The molecule has 1 atom stereocenters. The third-order valence-electron chi connectivity index (χ3n) is 4.10. The van der Waals surface area contributed by atoms with Crippen LogP contribution in [0.2, 0.25) is 0 Å². The van der Waals surface area contributed by atoms with Gasteiger partial charge in [-0.15, -0.1) is 0 Å². The molecule has 0 aromatic heterocycles. The number of rotatable bonds is 2. The third kappa shape index (κ3) is 2.60. The zero-order valence-electron chi connectivity index (χ0n) is 12.4. The second-order valence-electron chi connectivity index (χ2n) is 6.05. The molecule has 0 radical (unpaired) electrons. The summed E-state index contributed by atoms with van der Waals surface area (Å²) in [6, 6.07) is 5.33. The molecule has 0 spiro atoms. The number of likely N-dealkylation sites (tertiary alicyclic amines) is 1. The first kappa shape index (κ1) is 15.8. The minimum absolute atomic E-state index is 0.146. The van der Waals surface area contributed by atoms with Crippen molar-refractivity contribution in [1.82, 2.24) is 4.90 Å². The molecule has 22 heavy (non-hydrogen) atoms. The van der Waals surface area contributed by atoms with E-state index in [-0.39, 0.29) is 11.0 Å². The lowest BCUT2D eigenvalue weighted by Gasteiger charge is -2.42. The number of piperidine rings is 1. The van der Waals surface area contributed by atoms with Gasteiger partial charge in [0, 0.05) is 12.6 Å². The van der Waals surface area contributed by atoms with Crippen LogP contribution in [0.25, 0.3) is 0 Å². The highest BCUT2D eigenvalue weighted by Crippen LogP contribution is 2.37. The molecule has 1 aromatic carbocycles. The molecular weight excluding hydrogens is 286 g/mol. The lowest BCUT2D eigenvalue weighted by Crippen LogP contribution is -2.51. The normalized spacial score (nSPS) is 20.2. The maximum Gasteiger partial charge on any atom is 0.311 e. The highest BCUT2D eigenvalue weighted by Gasteiger charge is 2.41. The summed E-state index contributed by atoms with van der Waals surface area (Å²) in [6.07, 6.45) is 1.56. The molecule has 0 saturated carbocycles. The number of phenolic OH excluding ortho intramolecular Hbond substituents is 1. The van der Waals surface area contributed by atoms with Crippen molar-refractivity contribution >= 4 is 11.6 Å². The Bertz CT molecular complexity index is 663. The van der Waals surface area contributed by atoms with Crippen molar-refractivity contribution < 1.29 is 14.8 Å². The summed E-state index contributed by atoms with van der Waals surface area (Å²) in [4.78, 5) is 24.2. The molecule has 1 aliphatic heterocycles. The average molecular weight is 303 g/mol. The van der Waals surface area contributed by atoms with Crippen LogP contribution in [0, 0.1) is 26.9 Å². The fraction of sp³-hybridized carbons (Fsp3) is 0.467. The summed E-state index contributed by atoms with van der Waals surface area (Å²) < 4.78 is 0. The fourth-order valence-electron chi connectivity index (χ4n) is 2.86. The first-order valence-corrected chi connectivity index (χ1v) is 6.96. The number of carbonyl (C=O) groups excluding carboxylic acids is 1. The van der Waals surface area contributed by atoms with Crippen LogP contribution in [-0.4, -0.2) is 33.4 Å². The Hall–Kier alpha value is -2.62. The van der Waals surface area contributed by atoms with Crippen LogP contribution in [0.3, 0.4) is 0 Å². The summed E-state index contributed by atoms with van der Waals surface area (Å²) >= 11 is 0. The summed E-state index contributed by atoms with van der Waals surface area (Å²) in [5, 5.41) is 30.2. The van der Waals surface area contributed by atoms with E-state index in [1.165, 1.54) is 17.0 Å². The summed E-state index contributed by atoms with van der Waals surface area (Å²) in [5.41, 5.74) is -1.03. The number of nitro groups is 1. The first-order valence-electron chi connectivity index (χ1n) is 6.96. The maximum atomic E-state index is 12.6. The number of aromatic hydroxyl groups is 1. The number of carbonyl (C=O) groups is 1. The number of para-hydroxylation sites is 1. The number of benzene rings is 1. The van der Waals surface area contributed by atoms with E-state index in [0.29, 0.717) is 6.54 Å². The van der Waals surface area contributed by atoms with Crippen LogP contribution in [0.1, 0.15) is 37.0 Å². The molecule has 1 aromatic rings. The Morgan fingerprint density at radius 1 is 1.55 bits per heavy atom. The minimum atomic E-state index is -0.742. The number of hydrogen-bond donors (Lipinski definition) is 1. The molecule has 0 bridgehead atoms. The van der Waals surface area contributed by atoms with Gasteiger partial charge in [-0.05, 0) is 24.3 Å². The minimum Gasteiger partial charge on any atom is -0.502 e. The molecule has 1 saturated heterocycles. The SMILES string of the molecule is CC1(C)CCCN(C(=O)c2cccc([N+](=O)[O-])c2O)[C@@H]1C#N. The molecule has 2 rings (SSSR count). The lowest BCUT2D eigenvalue weighted by atomic mass is 9.77. The van der Waals surface area contributed by atoms with E-state index >= 15 is 0 Å². The van der Waals surface area contributed by atoms with E-state index in [2.05, 4.69) is 6.07 Å². The van der Waals surface area contributed by atoms with Crippen LogP contribution >= 0.6 is 0 Å². The van der Waals surface area contributed by atoms with Gasteiger partial charge in [0.05, 0.1) is 16.6 Å². The Morgan fingerprint density at radius 3 is 2.82 bits per heavy atom. The maximum absolute atomic E-state index is 12.6. The van der Waals surface area contributed by atoms with E-state index < -0.39 is 28.3 Å². The van der Waals surface area contributed by atoms with Gasteiger partial charge in [-0.1, -0.05) is 19.9 Å². The second kappa shape index (κ2) is 5.64. The van der Waals surface area contributed by atoms with Crippen molar-refractivity contribution in [1.29, 1.82) is 5.26 Å². The molecule has 7 nitrogen and oxygen atoms in total. The zero-order valence-corrected chi connectivity index (χ0v) is 12.4. The molecule has 1 amide bonds. The highest BCUT2D eigenvalue weighted by atomic mass is 16.6. The van der Waals surface area contributed by atoms with Crippen LogP contribution in [0.4, 0.5) is 5.69 Å². The molecule has 116 valence electrons. The third-order valence-corrected chi connectivity index (χ3v) is 4.10. The van der Waals surface area contributed by atoms with E-state index in [4.69, 9.17) is 0 Å². The quantitative estimate of drug-likeness (QED) is 0.667. The number of hydrogen-bond acceptors (Lipinski definition) is 5. The molecular formula is C15H17N3O4. The second-order valence-corrected chi connectivity index (χ2v) is 6.05. The first-order chi connectivity index (χ1) is 10.3. The van der Waals surface area contributed by atoms with Gasteiger partial charge >= 0.3 is 5.69 Å². The molecule has 0 unspecified atom stereocenters. The van der Waals surface area contributed by atoms with Crippen molar-refractivity contribution in [3.05, 3.63) is 33.9 Å². The Kier molecular flexibility index (Phi) is 4.04. The average Bonchev–Trinajstić information content (AvgIpc) is 2.45. The topological polar surface area (TPSA) is 107 Å². The van der Waals surface area contributed by atoms with Crippen LogP contribution in [0.5, 0.6) is 5.75 Å². The van der Waals surface area contributed by atoms with E-state index in [1.807, 2.05) is 13.8 Å². The van der Waals surface area contributed by atoms with Gasteiger partial charge in [-0.3, -0.25) is 14.9 Å². The van der Waals surface area contributed by atoms with Crippen LogP contribution < -0.4 is 0 Å². The van der Waals surface area contributed by atoms with Crippen LogP contribution in [-0.2, 0) is 0 Å². The van der Waals surface area contributed by atoms with Crippen molar-refractivity contribution in [2.24, 2.45) is 5.41 Å². The van der Waals surface area contributed by atoms with Crippen molar-refractivity contribution in [2.45, 2.75) is 32.7 Å². The van der Waals surface area contributed by atoms with Crippen molar-refractivity contribution in [3.8, 4) is 11.8 Å². The number of amides is 1. The monoisotopic (exact) mass is 303 g/mol. The standard InChI is InChI=1S/C15H17N3O4/c1-15(2)7-4-8-17(12(15)9-16)14(20)10-5-3-6-11(13(10)19)18(21)22/h3,5-6,12,19H,4,7-8H2,1-2H3/t12-/m1/s1. The highest BCUT2D eigenvalue weighted by molar-refractivity contribution is 5.98. The number of phenols is 1. The van der Waals surface area contributed by atoms with Gasteiger partial charge in [0.1, 0.15) is 6.04 Å². The molecule has 1 aliphatic rings. The smallest absolute Gasteiger partial charge is 0.311 e. The summed E-state index contributed by atoms with van der Waals surface area (Å²) in [5.74, 6) is -1.21. The Balaban J connectivity index is 2.42. The predicted molar refractivity (Wildman–Crippen MR) is 78.2 cm³/mol. The Labute approximate surface area is 127 Å². The van der Waals surface area contributed by atoms with Gasteiger partial charge in [0.2, 0.25) is 5.75 Å². The van der Waals surface area contributed by atoms with Gasteiger partial charge < -0.3 is 10.0 Å².